The Morgan fingerprint density at radius 2 is 2.06 bits per heavy atom. The lowest BCUT2D eigenvalue weighted by molar-refractivity contribution is -0.124. The summed E-state index contributed by atoms with van der Waals surface area (Å²) < 4.78 is 0. The maximum Gasteiger partial charge on any atom is 0.312 e. The molecule has 6 nitrogen and oxygen atoms in total. The van der Waals surface area contributed by atoms with E-state index in [9.17, 15) is 14.7 Å². The molecular formula is C11H21N3O3. The Bertz CT molecular complexity index is 283. The van der Waals surface area contributed by atoms with Gasteiger partial charge in [-0.05, 0) is 19.8 Å². The largest absolute Gasteiger partial charge is 0.396 e. The highest BCUT2D eigenvalue weighted by molar-refractivity contribution is 5.86. The maximum absolute atomic E-state index is 11.7. The first-order chi connectivity index (χ1) is 8.04. The molecule has 5 N–H and O–H groups in total. The van der Waals surface area contributed by atoms with Crippen LogP contribution in [0.5, 0.6) is 0 Å². The first-order valence-corrected chi connectivity index (χ1v) is 6.01. The van der Waals surface area contributed by atoms with Crippen LogP contribution in [0.25, 0.3) is 0 Å². The number of nitrogens with two attached hydrogens (primary N) is 1. The molecule has 3 unspecified atom stereocenters. The van der Waals surface area contributed by atoms with Crippen molar-refractivity contribution in [2.24, 2.45) is 11.7 Å². The lowest BCUT2D eigenvalue weighted by Gasteiger charge is -2.31. The van der Waals surface area contributed by atoms with E-state index in [4.69, 9.17) is 5.73 Å². The normalized spacial score (nSPS) is 26.0. The van der Waals surface area contributed by atoms with E-state index < -0.39 is 12.1 Å². The SMILES string of the molecule is CC(NC(N)=O)C(=O)NC1CCCCC1CO. The monoisotopic (exact) mass is 243 g/mol. The minimum Gasteiger partial charge on any atom is -0.396 e. The first-order valence-electron chi connectivity index (χ1n) is 6.01. The van der Waals surface area contributed by atoms with Gasteiger partial charge in [-0.1, -0.05) is 12.8 Å². The number of hydrogen-bond donors (Lipinski definition) is 4. The lowest BCUT2D eigenvalue weighted by Crippen LogP contribution is -2.52. The van der Waals surface area contributed by atoms with E-state index in [2.05, 4.69) is 10.6 Å². The smallest absolute Gasteiger partial charge is 0.312 e. The van der Waals surface area contributed by atoms with Gasteiger partial charge in [0.15, 0.2) is 0 Å². The lowest BCUT2D eigenvalue weighted by atomic mass is 9.85. The molecule has 0 aliphatic heterocycles. The number of carbonyl (C=O) groups excluding carboxylic acids is 2. The quantitative estimate of drug-likeness (QED) is 0.545. The Morgan fingerprint density at radius 1 is 1.41 bits per heavy atom. The number of hydrogen-bond acceptors (Lipinski definition) is 3. The van der Waals surface area contributed by atoms with E-state index in [0.29, 0.717) is 0 Å². The van der Waals surface area contributed by atoms with Crippen LogP contribution < -0.4 is 16.4 Å². The zero-order chi connectivity index (χ0) is 12.8. The standard InChI is InChI=1S/C11H21N3O3/c1-7(13-11(12)17)10(16)14-9-5-3-2-4-8(9)6-15/h7-9,15H,2-6H2,1H3,(H,14,16)(H3,12,13,17). The van der Waals surface area contributed by atoms with Crippen LogP contribution in [-0.4, -0.2) is 35.7 Å². The molecule has 0 spiro atoms. The molecule has 0 aromatic rings. The predicted octanol–water partition coefficient (Wildman–Crippen LogP) is -0.289. The third kappa shape index (κ3) is 4.22. The molecule has 17 heavy (non-hydrogen) atoms. The van der Waals surface area contributed by atoms with Crippen molar-refractivity contribution in [2.45, 2.75) is 44.7 Å². The molecule has 0 aromatic carbocycles. The summed E-state index contributed by atoms with van der Waals surface area (Å²) in [5.74, 6) is -0.136. The van der Waals surface area contributed by atoms with Crippen LogP contribution >= 0.6 is 0 Å². The van der Waals surface area contributed by atoms with Gasteiger partial charge in [-0.2, -0.15) is 0 Å². The van der Waals surface area contributed by atoms with Crippen LogP contribution in [0.2, 0.25) is 0 Å². The second-order valence-corrected chi connectivity index (χ2v) is 4.57. The predicted molar refractivity (Wildman–Crippen MR) is 63.2 cm³/mol. The van der Waals surface area contributed by atoms with Gasteiger partial charge in [-0.15, -0.1) is 0 Å². The van der Waals surface area contributed by atoms with Crippen molar-refractivity contribution in [3.8, 4) is 0 Å². The van der Waals surface area contributed by atoms with E-state index >= 15 is 0 Å². The molecule has 0 saturated heterocycles. The van der Waals surface area contributed by atoms with Crippen molar-refractivity contribution in [2.75, 3.05) is 6.61 Å². The van der Waals surface area contributed by atoms with Crippen molar-refractivity contribution in [1.82, 2.24) is 10.6 Å². The van der Waals surface area contributed by atoms with Crippen LogP contribution in [0.4, 0.5) is 4.79 Å². The molecule has 3 atom stereocenters. The fraction of sp³-hybridized carbons (Fsp3) is 0.818. The molecule has 0 aromatic heterocycles. The molecule has 1 rings (SSSR count). The van der Waals surface area contributed by atoms with Crippen molar-refractivity contribution in [3.05, 3.63) is 0 Å². The molecule has 0 radical (unpaired) electrons. The van der Waals surface area contributed by atoms with Gasteiger partial charge in [0, 0.05) is 18.6 Å². The molecule has 0 bridgehead atoms. The molecule has 1 saturated carbocycles. The van der Waals surface area contributed by atoms with Crippen LogP contribution in [0, 0.1) is 5.92 Å². The highest BCUT2D eigenvalue weighted by atomic mass is 16.3. The number of aliphatic hydroxyl groups excluding tert-OH is 1. The molecule has 98 valence electrons. The van der Waals surface area contributed by atoms with E-state index in [0.717, 1.165) is 25.7 Å². The van der Waals surface area contributed by atoms with Crippen molar-refractivity contribution >= 4 is 11.9 Å². The summed E-state index contributed by atoms with van der Waals surface area (Å²) in [6.07, 6.45) is 3.95. The summed E-state index contributed by atoms with van der Waals surface area (Å²) in [5, 5.41) is 14.4. The first kappa shape index (κ1) is 13.8. The highest BCUT2D eigenvalue weighted by Gasteiger charge is 2.27. The number of urea groups is 1. The van der Waals surface area contributed by atoms with Crippen molar-refractivity contribution in [1.29, 1.82) is 0 Å². The molecular weight excluding hydrogens is 222 g/mol. The summed E-state index contributed by atoms with van der Waals surface area (Å²) >= 11 is 0. The molecule has 0 heterocycles. The van der Waals surface area contributed by atoms with Gasteiger partial charge in [0.05, 0.1) is 0 Å². The fourth-order valence-electron chi connectivity index (χ4n) is 2.20. The second kappa shape index (κ2) is 6.44. The number of carbonyl (C=O) groups is 2. The van der Waals surface area contributed by atoms with Gasteiger partial charge in [0.25, 0.3) is 0 Å². The van der Waals surface area contributed by atoms with Gasteiger partial charge in [0.1, 0.15) is 6.04 Å². The molecule has 1 fully saturated rings. The van der Waals surface area contributed by atoms with Crippen LogP contribution in [0.1, 0.15) is 32.6 Å². The van der Waals surface area contributed by atoms with Gasteiger partial charge in [-0.3, -0.25) is 4.79 Å². The van der Waals surface area contributed by atoms with Crippen molar-refractivity contribution in [3.63, 3.8) is 0 Å². The van der Waals surface area contributed by atoms with E-state index in [1.807, 2.05) is 0 Å². The minimum atomic E-state index is -0.713. The maximum atomic E-state index is 11.7. The van der Waals surface area contributed by atoms with Gasteiger partial charge in [0.2, 0.25) is 5.91 Å². The molecule has 1 aliphatic rings. The van der Waals surface area contributed by atoms with Crippen LogP contribution in [-0.2, 0) is 4.79 Å². The number of rotatable bonds is 4. The summed E-state index contributed by atoms with van der Waals surface area (Å²) in [5.41, 5.74) is 4.95. The average Bonchev–Trinajstić information content (AvgIpc) is 2.28. The Hall–Kier alpha value is -1.30. The summed E-state index contributed by atoms with van der Waals surface area (Å²) in [4.78, 5) is 22.4. The molecule has 6 heteroatoms. The van der Waals surface area contributed by atoms with Gasteiger partial charge < -0.3 is 21.5 Å². The molecule has 1 aliphatic carbocycles. The molecule has 3 amide bonds. The second-order valence-electron chi connectivity index (χ2n) is 4.57. The Kier molecular flexibility index (Phi) is 5.21. The number of amides is 3. The van der Waals surface area contributed by atoms with Crippen LogP contribution in [0.15, 0.2) is 0 Å². The summed E-state index contributed by atoms with van der Waals surface area (Å²) in [6, 6.07) is -1.36. The Morgan fingerprint density at radius 3 is 2.65 bits per heavy atom. The average molecular weight is 243 g/mol. The number of aliphatic hydroxyl groups is 1. The van der Waals surface area contributed by atoms with Crippen LogP contribution in [0.3, 0.4) is 0 Å². The van der Waals surface area contributed by atoms with E-state index in [1.54, 1.807) is 6.92 Å². The Labute approximate surface area is 101 Å². The minimum absolute atomic E-state index is 0.00150. The fourth-order valence-corrected chi connectivity index (χ4v) is 2.20. The van der Waals surface area contributed by atoms with Crippen molar-refractivity contribution < 1.29 is 14.7 Å². The number of primary amides is 1. The van der Waals surface area contributed by atoms with E-state index in [1.165, 1.54) is 0 Å². The number of nitrogens with one attached hydrogen (secondary N) is 2. The highest BCUT2D eigenvalue weighted by Crippen LogP contribution is 2.23. The zero-order valence-corrected chi connectivity index (χ0v) is 10.1. The Balaban J connectivity index is 2.45. The topological polar surface area (TPSA) is 104 Å². The third-order valence-corrected chi connectivity index (χ3v) is 3.22. The third-order valence-electron chi connectivity index (χ3n) is 3.22. The van der Waals surface area contributed by atoms with Gasteiger partial charge in [-0.25, -0.2) is 4.79 Å². The summed E-state index contributed by atoms with van der Waals surface area (Å²) in [6.45, 7) is 1.67. The van der Waals surface area contributed by atoms with E-state index in [-0.39, 0.29) is 24.5 Å². The zero-order valence-electron chi connectivity index (χ0n) is 10.1. The summed E-state index contributed by atoms with van der Waals surface area (Å²) in [7, 11) is 0. The van der Waals surface area contributed by atoms with Gasteiger partial charge >= 0.3 is 6.03 Å².